The number of amides is 2. The van der Waals surface area contributed by atoms with Crippen LogP contribution < -0.4 is 0 Å². The van der Waals surface area contributed by atoms with Gasteiger partial charge in [-0.05, 0) is 48.3 Å². The van der Waals surface area contributed by atoms with Gasteiger partial charge in [-0.3, -0.25) is 9.59 Å². The molecule has 1 aliphatic carbocycles. The van der Waals surface area contributed by atoms with E-state index in [9.17, 15) is 9.59 Å². The highest BCUT2D eigenvalue weighted by Gasteiger charge is 2.46. The van der Waals surface area contributed by atoms with Crippen molar-refractivity contribution >= 4 is 11.8 Å². The lowest BCUT2D eigenvalue weighted by Crippen LogP contribution is -2.51. The third-order valence-corrected chi connectivity index (χ3v) is 6.90. The predicted octanol–water partition coefficient (Wildman–Crippen LogP) is 4.25. The Hall–Kier alpha value is -2.62. The van der Waals surface area contributed by atoms with Crippen molar-refractivity contribution in [2.24, 2.45) is 17.3 Å². The van der Waals surface area contributed by atoms with E-state index >= 15 is 0 Å². The molecule has 4 heteroatoms. The van der Waals surface area contributed by atoms with Crippen LogP contribution >= 0.6 is 0 Å². The summed E-state index contributed by atoms with van der Waals surface area (Å²) in [6.07, 6.45) is 3.19. The Morgan fingerprint density at radius 1 is 1.00 bits per heavy atom. The Morgan fingerprint density at radius 3 is 2.23 bits per heavy atom. The van der Waals surface area contributed by atoms with E-state index in [0.29, 0.717) is 31.3 Å². The molecule has 2 fully saturated rings. The van der Waals surface area contributed by atoms with Crippen molar-refractivity contribution in [2.75, 3.05) is 27.2 Å². The highest BCUT2D eigenvalue weighted by Crippen LogP contribution is 2.42. The quantitative estimate of drug-likeness (QED) is 0.748. The van der Waals surface area contributed by atoms with Crippen LogP contribution in [0.4, 0.5) is 0 Å². The maximum atomic E-state index is 13.3. The Labute approximate surface area is 179 Å². The largest absolute Gasteiger partial charge is 0.348 e. The average molecular weight is 405 g/mol. The zero-order valence-corrected chi connectivity index (χ0v) is 18.3. The van der Waals surface area contributed by atoms with E-state index in [1.54, 1.807) is 4.90 Å². The fraction of sp³-hybridized carbons (Fsp3) is 0.462. The van der Waals surface area contributed by atoms with Gasteiger partial charge in [-0.2, -0.15) is 0 Å². The molecule has 0 bridgehead atoms. The van der Waals surface area contributed by atoms with Crippen LogP contribution in [0, 0.1) is 17.3 Å². The van der Waals surface area contributed by atoms with E-state index in [4.69, 9.17) is 0 Å². The van der Waals surface area contributed by atoms with Crippen molar-refractivity contribution in [3.05, 3.63) is 60.2 Å². The molecular weight excluding hydrogens is 372 g/mol. The van der Waals surface area contributed by atoms with Crippen molar-refractivity contribution in [3.8, 4) is 11.1 Å². The van der Waals surface area contributed by atoms with E-state index in [1.807, 2.05) is 37.2 Å². The monoisotopic (exact) mass is 404 g/mol. The Kier molecular flexibility index (Phi) is 5.68. The van der Waals surface area contributed by atoms with Crippen LogP contribution in [0.15, 0.2) is 54.6 Å². The van der Waals surface area contributed by atoms with Crippen molar-refractivity contribution in [3.63, 3.8) is 0 Å². The van der Waals surface area contributed by atoms with Gasteiger partial charge in [0, 0.05) is 33.1 Å². The van der Waals surface area contributed by atoms with Gasteiger partial charge in [-0.1, -0.05) is 61.5 Å². The van der Waals surface area contributed by atoms with Crippen LogP contribution in [0.1, 0.15) is 31.7 Å². The smallest absolute Gasteiger partial charge is 0.228 e. The molecule has 1 saturated heterocycles. The van der Waals surface area contributed by atoms with E-state index in [2.05, 4.69) is 43.3 Å². The molecule has 0 spiro atoms. The summed E-state index contributed by atoms with van der Waals surface area (Å²) in [5.74, 6) is 1.21. The van der Waals surface area contributed by atoms with Crippen LogP contribution in [-0.4, -0.2) is 48.8 Å². The molecule has 1 heterocycles. The summed E-state index contributed by atoms with van der Waals surface area (Å²) in [7, 11) is 3.68. The van der Waals surface area contributed by atoms with Gasteiger partial charge >= 0.3 is 0 Å². The van der Waals surface area contributed by atoms with Gasteiger partial charge in [0.15, 0.2) is 0 Å². The average Bonchev–Trinajstić information content (AvgIpc) is 3.50. The van der Waals surface area contributed by atoms with Crippen molar-refractivity contribution < 1.29 is 9.59 Å². The number of carbonyl (C=O) groups is 2. The summed E-state index contributed by atoms with van der Waals surface area (Å²) < 4.78 is 0. The van der Waals surface area contributed by atoms with Gasteiger partial charge in [-0.25, -0.2) is 0 Å². The van der Waals surface area contributed by atoms with Crippen LogP contribution in [0.25, 0.3) is 11.1 Å². The van der Waals surface area contributed by atoms with Crippen molar-refractivity contribution in [2.45, 2.75) is 32.6 Å². The molecule has 4 nitrogen and oxygen atoms in total. The first kappa shape index (κ1) is 20.6. The minimum absolute atomic E-state index is 0.180. The van der Waals surface area contributed by atoms with Crippen molar-refractivity contribution in [1.82, 2.24) is 9.80 Å². The summed E-state index contributed by atoms with van der Waals surface area (Å²) in [6.45, 7) is 3.51. The molecule has 2 aromatic rings. The Morgan fingerprint density at radius 2 is 1.63 bits per heavy atom. The SMILES string of the molecule is C[C@H]1C[C@H]1C(=O)N1CCC(Cc2cccc(-c3ccccc3)c2)(C(=O)N(C)C)CC1. The normalized spacial score (nSPS) is 22.4. The van der Waals surface area contributed by atoms with Crippen LogP contribution in [0.5, 0.6) is 0 Å². The highest BCUT2D eigenvalue weighted by molar-refractivity contribution is 5.85. The molecule has 2 aliphatic rings. The fourth-order valence-electron chi connectivity index (χ4n) is 4.88. The first-order chi connectivity index (χ1) is 14.4. The highest BCUT2D eigenvalue weighted by atomic mass is 16.2. The Balaban J connectivity index is 1.54. The molecule has 1 aliphatic heterocycles. The van der Waals surface area contributed by atoms with E-state index < -0.39 is 5.41 Å². The second-order valence-electron chi connectivity index (χ2n) is 9.37. The summed E-state index contributed by atoms with van der Waals surface area (Å²) in [5, 5.41) is 0. The number of piperidine rings is 1. The van der Waals surface area contributed by atoms with E-state index in [1.165, 1.54) is 16.7 Å². The van der Waals surface area contributed by atoms with Crippen LogP contribution in [0.3, 0.4) is 0 Å². The molecule has 0 aromatic heterocycles. The molecule has 2 aromatic carbocycles. The molecule has 1 saturated carbocycles. The van der Waals surface area contributed by atoms with Gasteiger partial charge in [-0.15, -0.1) is 0 Å². The van der Waals surface area contributed by atoms with Crippen molar-refractivity contribution in [1.29, 1.82) is 0 Å². The van der Waals surface area contributed by atoms with Gasteiger partial charge in [0.2, 0.25) is 11.8 Å². The topological polar surface area (TPSA) is 40.6 Å². The molecule has 0 unspecified atom stereocenters. The van der Waals surface area contributed by atoms with Crippen LogP contribution in [0.2, 0.25) is 0 Å². The number of hydrogen-bond donors (Lipinski definition) is 0. The van der Waals surface area contributed by atoms with E-state index in [0.717, 1.165) is 19.3 Å². The lowest BCUT2D eigenvalue weighted by molar-refractivity contribution is -0.146. The predicted molar refractivity (Wildman–Crippen MR) is 120 cm³/mol. The number of hydrogen-bond acceptors (Lipinski definition) is 2. The Bertz CT molecular complexity index is 914. The molecule has 30 heavy (non-hydrogen) atoms. The van der Waals surface area contributed by atoms with Gasteiger partial charge in [0.05, 0.1) is 5.41 Å². The van der Waals surface area contributed by atoms with E-state index in [-0.39, 0.29) is 11.8 Å². The van der Waals surface area contributed by atoms with Crippen LogP contribution in [-0.2, 0) is 16.0 Å². The third-order valence-electron chi connectivity index (χ3n) is 6.90. The maximum Gasteiger partial charge on any atom is 0.228 e. The molecule has 0 radical (unpaired) electrons. The maximum absolute atomic E-state index is 13.3. The lowest BCUT2D eigenvalue weighted by Gasteiger charge is -2.42. The number of rotatable bonds is 5. The number of nitrogens with zero attached hydrogens (tertiary/aromatic N) is 2. The summed E-state index contributed by atoms with van der Waals surface area (Å²) in [4.78, 5) is 29.7. The summed E-state index contributed by atoms with van der Waals surface area (Å²) in [5.41, 5.74) is 3.11. The molecule has 2 atom stereocenters. The van der Waals surface area contributed by atoms with Gasteiger partial charge in [0.1, 0.15) is 0 Å². The fourth-order valence-corrected chi connectivity index (χ4v) is 4.88. The number of likely N-dealkylation sites (tertiary alicyclic amines) is 1. The van der Waals surface area contributed by atoms with Gasteiger partial charge in [0.25, 0.3) is 0 Å². The molecule has 0 N–H and O–H groups in total. The zero-order valence-electron chi connectivity index (χ0n) is 18.3. The standard InChI is InChI=1S/C26H32N2O2/c1-19-16-23(19)24(29)28-14-12-26(13-15-28,25(30)27(2)3)18-20-8-7-11-22(17-20)21-9-5-4-6-10-21/h4-11,17,19,23H,12-16,18H2,1-3H3/t19-,23+/m0/s1. The lowest BCUT2D eigenvalue weighted by atomic mass is 9.72. The molecule has 158 valence electrons. The second kappa shape index (κ2) is 8.25. The number of benzene rings is 2. The first-order valence-electron chi connectivity index (χ1n) is 11.0. The number of carbonyl (C=O) groups excluding carboxylic acids is 2. The summed E-state index contributed by atoms with van der Waals surface area (Å²) >= 11 is 0. The molecular formula is C26H32N2O2. The first-order valence-corrected chi connectivity index (χ1v) is 11.0. The molecule has 2 amide bonds. The summed E-state index contributed by atoms with van der Waals surface area (Å²) in [6, 6.07) is 18.9. The minimum atomic E-state index is -0.440. The second-order valence-corrected chi connectivity index (χ2v) is 9.37. The van der Waals surface area contributed by atoms with Gasteiger partial charge < -0.3 is 9.80 Å². The molecule has 4 rings (SSSR count). The third kappa shape index (κ3) is 4.14. The minimum Gasteiger partial charge on any atom is -0.348 e. The zero-order chi connectivity index (χ0) is 21.3.